The molecule has 1 heterocycles. The summed E-state index contributed by atoms with van der Waals surface area (Å²) in [6.07, 6.45) is 0. The third-order valence-corrected chi connectivity index (χ3v) is 2.32. The van der Waals surface area contributed by atoms with Crippen LogP contribution in [0.5, 0.6) is 0 Å². The summed E-state index contributed by atoms with van der Waals surface area (Å²) in [7, 11) is 0. The molecule has 1 aromatic rings. The summed E-state index contributed by atoms with van der Waals surface area (Å²) in [5.74, 6) is 0. The Morgan fingerprint density at radius 1 is 1.36 bits per heavy atom. The molecule has 0 radical (unpaired) electrons. The van der Waals surface area contributed by atoms with Crippen molar-refractivity contribution in [2.45, 2.75) is 6.04 Å². The smallest absolute Gasteiger partial charge is 0.0463 e. The minimum Gasteiger partial charge on any atom is -0.307 e. The van der Waals surface area contributed by atoms with Crippen LogP contribution in [0.4, 0.5) is 0 Å². The molecule has 0 aromatic heterocycles. The molecule has 0 bridgehead atoms. The molecule has 1 aliphatic rings. The van der Waals surface area contributed by atoms with E-state index in [1.54, 1.807) is 6.07 Å². The zero-order chi connectivity index (χ0) is 7.84. The number of hydrogen-bond acceptors (Lipinski definition) is 1. The lowest BCUT2D eigenvalue weighted by Crippen LogP contribution is -1.85. The summed E-state index contributed by atoms with van der Waals surface area (Å²) in [6.45, 7) is 1.01. The van der Waals surface area contributed by atoms with Crippen LogP contribution >= 0.6 is 23.2 Å². The Labute approximate surface area is 75.3 Å². The van der Waals surface area contributed by atoms with Gasteiger partial charge in [-0.3, -0.25) is 0 Å². The van der Waals surface area contributed by atoms with Gasteiger partial charge in [0.2, 0.25) is 0 Å². The second-order valence-electron chi connectivity index (χ2n) is 2.63. The molecule has 1 aromatic carbocycles. The van der Waals surface area contributed by atoms with E-state index in [2.05, 4.69) is 5.32 Å². The van der Waals surface area contributed by atoms with Gasteiger partial charge in [0.05, 0.1) is 0 Å². The summed E-state index contributed by atoms with van der Waals surface area (Å²) >= 11 is 11.7. The highest BCUT2D eigenvalue weighted by atomic mass is 35.5. The highest BCUT2D eigenvalue weighted by Gasteiger charge is 2.24. The minimum absolute atomic E-state index is 0.432. The lowest BCUT2D eigenvalue weighted by Gasteiger charge is -2.00. The maximum absolute atomic E-state index is 5.93. The zero-order valence-electron chi connectivity index (χ0n) is 5.77. The molecule has 58 valence electrons. The van der Waals surface area contributed by atoms with E-state index in [0.29, 0.717) is 6.04 Å². The summed E-state index contributed by atoms with van der Waals surface area (Å²) < 4.78 is 0. The van der Waals surface area contributed by atoms with Crippen molar-refractivity contribution in [1.29, 1.82) is 0 Å². The van der Waals surface area contributed by atoms with E-state index < -0.39 is 0 Å². The second-order valence-corrected chi connectivity index (χ2v) is 3.47. The first-order valence-corrected chi connectivity index (χ1v) is 4.21. The van der Waals surface area contributed by atoms with Crippen LogP contribution in [0, 0.1) is 0 Å². The molecule has 0 saturated carbocycles. The van der Waals surface area contributed by atoms with Gasteiger partial charge in [-0.05, 0) is 23.8 Å². The van der Waals surface area contributed by atoms with Crippen molar-refractivity contribution in [3.63, 3.8) is 0 Å². The molecule has 0 unspecified atom stereocenters. The van der Waals surface area contributed by atoms with Crippen molar-refractivity contribution in [1.82, 2.24) is 5.32 Å². The first-order chi connectivity index (χ1) is 5.27. The van der Waals surface area contributed by atoms with E-state index >= 15 is 0 Å². The summed E-state index contributed by atoms with van der Waals surface area (Å²) in [4.78, 5) is 0. The number of nitrogens with one attached hydrogen (secondary N) is 1. The maximum atomic E-state index is 5.93. The van der Waals surface area contributed by atoms with Crippen molar-refractivity contribution >= 4 is 23.2 Å². The predicted octanol–water partition coefficient (Wildman–Crippen LogP) is 2.64. The first-order valence-electron chi connectivity index (χ1n) is 3.46. The van der Waals surface area contributed by atoms with Crippen LogP contribution < -0.4 is 5.32 Å². The maximum Gasteiger partial charge on any atom is 0.0463 e. The summed E-state index contributed by atoms with van der Waals surface area (Å²) in [5.41, 5.74) is 1.11. The van der Waals surface area contributed by atoms with E-state index in [-0.39, 0.29) is 0 Å². The molecule has 1 saturated heterocycles. The van der Waals surface area contributed by atoms with Crippen LogP contribution in [0.2, 0.25) is 10.0 Å². The largest absolute Gasteiger partial charge is 0.307 e. The lowest BCUT2D eigenvalue weighted by molar-refractivity contribution is 1.08. The third-order valence-electron chi connectivity index (χ3n) is 1.74. The van der Waals surface area contributed by atoms with E-state index in [0.717, 1.165) is 22.2 Å². The molecule has 0 spiro atoms. The molecule has 1 N–H and O–H groups in total. The first kappa shape index (κ1) is 7.41. The quantitative estimate of drug-likeness (QED) is 0.672. The van der Waals surface area contributed by atoms with E-state index in [1.807, 2.05) is 12.1 Å². The van der Waals surface area contributed by atoms with Gasteiger partial charge in [-0.25, -0.2) is 0 Å². The van der Waals surface area contributed by atoms with Gasteiger partial charge in [0.15, 0.2) is 0 Å². The normalized spacial score (nSPS) is 21.8. The van der Waals surface area contributed by atoms with Gasteiger partial charge in [-0.15, -0.1) is 0 Å². The van der Waals surface area contributed by atoms with Crippen LogP contribution in [-0.2, 0) is 0 Å². The van der Waals surface area contributed by atoms with E-state index in [9.17, 15) is 0 Å². The van der Waals surface area contributed by atoms with Gasteiger partial charge in [0.25, 0.3) is 0 Å². The Hall–Kier alpha value is -0.240. The number of hydrogen-bond donors (Lipinski definition) is 1. The number of halogens is 2. The predicted molar refractivity (Wildman–Crippen MR) is 47.2 cm³/mol. The van der Waals surface area contributed by atoms with Crippen LogP contribution in [0.15, 0.2) is 18.2 Å². The van der Waals surface area contributed by atoms with Gasteiger partial charge >= 0.3 is 0 Å². The van der Waals surface area contributed by atoms with Gasteiger partial charge in [0, 0.05) is 22.6 Å². The Morgan fingerprint density at radius 2 is 2.09 bits per heavy atom. The van der Waals surface area contributed by atoms with Crippen LogP contribution in [0.25, 0.3) is 0 Å². The molecule has 1 nitrogen and oxygen atoms in total. The zero-order valence-corrected chi connectivity index (χ0v) is 7.28. The van der Waals surface area contributed by atoms with Crippen molar-refractivity contribution in [2.24, 2.45) is 0 Å². The average Bonchev–Trinajstić information content (AvgIpc) is 2.76. The molecular weight excluding hydrogens is 181 g/mol. The van der Waals surface area contributed by atoms with Crippen molar-refractivity contribution in [2.75, 3.05) is 6.54 Å². The van der Waals surface area contributed by atoms with Gasteiger partial charge < -0.3 is 5.32 Å². The molecular formula is C8H7Cl2N. The average molecular weight is 188 g/mol. The van der Waals surface area contributed by atoms with Gasteiger partial charge in [-0.2, -0.15) is 0 Å². The van der Waals surface area contributed by atoms with E-state index in [1.165, 1.54) is 0 Å². The second kappa shape index (κ2) is 2.67. The number of benzene rings is 1. The van der Waals surface area contributed by atoms with Crippen molar-refractivity contribution < 1.29 is 0 Å². The van der Waals surface area contributed by atoms with E-state index in [4.69, 9.17) is 23.2 Å². The summed E-state index contributed by atoms with van der Waals surface area (Å²) in [5, 5.41) is 4.72. The lowest BCUT2D eigenvalue weighted by atomic mass is 10.2. The van der Waals surface area contributed by atoms with Crippen LogP contribution in [-0.4, -0.2) is 6.54 Å². The fourth-order valence-corrected chi connectivity index (χ4v) is 1.49. The fraction of sp³-hybridized carbons (Fsp3) is 0.250. The highest BCUT2D eigenvalue weighted by molar-refractivity contribution is 6.33. The molecule has 0 amide bonds. The Balaban J connectivity index is 2.42. The molecule has 11 heavy (non-hydrogen) atoms. The third kappa shape index (κ3) is 1.51. The molecule has 1 fully saturated rings. The molecule has 1 aliphatic heterocycles. The topological polar surface area (TPSA) is 21.9 Å². The minimum atomic E-state index is 0.432. The Kier molecular flexibility index (Phi) is 1.80. The van der Waals surface area contributed by atoms with Crippen molar-refractivity contribution in [3.05, 3.63) is 33.8 Å². The fourth-order valence-electron chi connectivity index (χ4n) is 1.06. The Morgan fingerprint density at radius 3 is 2.73 bits per heavy atom. The van der Waals surface area contributed by atoms with Crippen LogP contribution in [0.3, 0.4) is 0 Å². The number of rotatable bonds is 1. The SMILES string of the molecule is Clc1ccc(Cl)c([C@H]2CN2)c1. The standard InChI is InChI=1S/C8H7Cl2N/c9-5-1-2-7(10)6(3-5)8-4-11-8/h1-3,8,11H,4H2/t8-/m1/s1. The van der Waals surface area contributed by atoms with Crippen LogP contribution in [0.1, 0.15) is 11.6 Å². The molecule has 0 aliphatic carbocycles. The molecule has 3 heteroatoms. The molecule has 2 rings (SSSR count). The Bertz CT molecular complexity index is 281. The summed E-state index contributed by atoms with van der Waals surface area (Å²) in [6, 6.07) is 5.98. The molecule has 1 atom stereocenters. The monoisotopic (exact) mass is 187 g/mol. The van der Waals surface area contributed by atoms with Gasteiger partial charge in [-0.1, -0.05) is 23.2 Å². The van der Waals surface area contributed by atoms with Gasteiger partial charge in [0.1, 0.15) is 0 Å². The van der Waals surface area contributed by atoms with Crippen molar-refractivity contribution in [3.8, 4) is 0 Å². The highest BCUT2D eigenvalue weighted by Crippen LogP contribution is 2.30.